The SMILES string of the molecule is O=C1c2ccccc2C(=O)N1Cc1ccc(F)cc1Br. The zero-order chi connectivity index (χ0) is 14.3. The van der Waals surface area contributed by atoms with Gasteiger partial charge in [-0.2, -0.15) is 0 Å². The number of fused-ring (bicyclic) bond motifs is 1. The second-order valence-electron chi connectivity index (χ2n) is 4.48. The second kappa shape index (κ2) is 4.83. The lowest BCUT2D eigenvalue weighted by molar-refractivity contribution is 0.0642. The molecule has 2 aromatic rings. The van der Waals surface area contributed by atoms with E-state index >= 15 is 0 Å². The van der Waals surface area contributed by atoms with Crippen LogP contribution in [0.1, 0.15) is 26.3 Å². The Morgan fingerprint density at radius 3 is 2.15 bits per heavy atom. The van der Waals surface area contributed by atoms with Gasteiger partial charge in [0.15, 0.2) is 0 Å². The summed E-state index contributed by atoms with van der Waals surface area (Å²) in [6, 6.07) is 10.9. The van der Waals surface area contributed by atoms with Crippen LogP contribution in [0.3, 0.4) is 0 Å². The third-order valence-electron chi connectivity index (χ3n) is 3.22. The molecule has 3 nitrogen and oxygen atoms in total. The van der Waals surface area contributed by atoms with Gasteiger partial charge in [-0.25, -0.2) is 4.39 Å². The van der Waals surface area contributed by atoms with Crippen molar-refractivity contribution in [2.75, 3.05) is 0 Å². The summed E-state index contributed by atoms with van der Waals surface area (Å²) in [5.74, 6) is -1.01. The third-order valence-corrected chi connectivity index (χ3v) is 3.96. The minimum atomic E-state index is -0.372. The molecule has 100 valence electrons. The van der Waals surface area contributed by atoms with E-state index in [2.05, 4.69) is 15.9 Å². The Hall–Kier alpha value is -2.01. The van der Waals surface area contributed by atoms with Gasteiger partial charge in [0, 0.05) is 4.47 Å². The van der Waals surface area contributed by atoms with Gasteiger partial charge < -0.3 is 0 Å². The number of nitrogens with zero attached hydrogens (tertiary/aromatic N) is 1. The molecule has 0 bridgehead atoms. The van der Waals surface area contributed by atoms with Gasteiger partial charge in [0.1, 0.15) is 5.82 Å². The zero-order valence-electron chi connectivity index (χ0n) is 10.3. The van der Waals surface area contributed by atoms with E-state index in [0.717, 1.165) is 0 Å². The van der Waals surface area contributed by atoms with E-state index in [0.29, 0.717) is 21.2 Å². The third kappa shape index (κ3) is 2.04. The Morgan fingerprint density at radius 2 is 1.60 bits per heavy atom. The largest absolute Gasteiger partial charge is 0.270 e. The topological polar surface area (TPSA) is 37.4 Å². The van der Waals surface area contributed by atoms with Crippen LogP contribution in [0.15, 0.2) is 46.9 Å². The van der Waals surface area contributed by atoms with E-state index in [1.165, 1.54) is 17.0 Å². The van der Waals surface area contributed by atoms with E-state index in [9.17, 15) is 14.0 Å². The van der Waals surface area contributed by atoms with Crippen LogP contribution in [0, 0.1) is 5.82 Å². The number of carbonyl (C=O) groups excluding carboxylic acids is 2. The second-order valence-corrected chi connectivity index (χ2v) is 5.33. The Balaban J connectivity index is 1.94. The number of hydrogen-bond acceptors (Lipinski definition) is 2. The fourth-order valence-corrected chi connectivity index (χ4v) is 2.68. The lowest BCUT2D eigenvalue weighted by atomic mass is 10.1. The molecule has 0 saturated carbocycles. The lowest BCUT2D eigenvalue weighted by Gasteiger charge is -2.14. The average Bonchev–Trinajstić information content (AvgIpc) is 2.67. The molecule has 0 N–H and O–H groups in total. The first-order valence-corrected chi connectivity index (χ1v) is 6.76. The van der Waals surface area contributed by atoms with Gasteiger partial charge in [0.2, 0.25) is 0 Å². The molecule has 20 heavy (non-hydrogen) atoms. The van der Waals surface area contributed by atoms with Gasteiger partial charge in [-0.1, -0.05) is 34.1 Å². The molecular formula is C15H9BrFNO2. The molecule has 2 aromatic carbocycles. The molecule has 1 aliphatic rings. The number of halogens is 2. The minimum Gasteiger partial charge on any atom is -0.270 e. The maximum atomic E-state index is 13.1. The maximum absolute atomic E-state index is 13.1. The number of imide groups is 1. The van der Waals surface area contributed by atoms with Gasteiger partial charge in [-0.3, -0.25) is 14.5 Å². The number of hydrogen-bond donors (Lipinski definition) is 0. The van der Waals surface area contributed by atoms with Crippen LogP contribution in [0.4, 0.5) is 4.39 Å². The normalized spacial score (nSPS) is 13.8. The summed E-state index contributed by atoms with van der Waals surface area (Å²) in [5.41, 5.74) is 1.51. The first kappa shape index (κ1) is 13.0. The Bertz CT molecular complexity index is 695. The van der Waals surface area contributed by atoms with E-state index < -0.39 is 0 Å². The van der Waals surface area contributed by atoms with Crippen LogP contribution in [-0.2, 0) is 6.54 Å². The van der Waals surface area contributed by atoms with Crippen LogP contribution in [0.25, 0.3) is 0 Å². The summed E-state index contributed by atoms with van der Waals surface area (Å²) in [6.07, 6.45) is 0. The monoisotopic (exact) mass is 333 g/mol. The number of benzene rings is 2. The van der Waals surface area contributed by atoms with Crippen molar-refractivity contribution in [3.63, 3.8) is 0 Å². The molecule has 0 fully saturated rings. The highest BCUT2D eigenvalue weighted by Gasteiger charge is 2.35. The Morgan fingerprint density at radius 1 is 1.00 bits per heavy atom. The van der Waals surface area contributed by atoms with E-state index in [-0.39, 0.29) is 24.2 Å². The lowest BCUT2D eigenvalue weighted by Crippen LogP contribution is -2.29. The van der Waals surface area contributed by atoms with Gasteiger partial charge in [0.25, 0.3) is 11.8 Å². The van der Waals surface area contributed by atoms with Crippen molar-refractivity contribution in [2.24, 2.45) is 0 Å². The summed E-state index contributed by atoms with van der Waals surface area (Å²) in [6.45, 7) is 0.118. The van der Waals surface area contributed by atoms with Crippen LogP contribution in [-0.4, -0.2) is 16.7 Å². The summed E-state index contributed by atoms with van der Waals surface area (Å²) in [4.78, 5) is 25.6. The molecule has 1 aliphatic heterocycles. The fourth-order valence-electron chi connectivity index (χ4n) is 2.20. The predicted octanol–water partition coefficient (Wildman–Crippen LogP) is 3.38. The van der Waals surface area contributed by atoms with Gasteiger partial charge >= 0.3 is 0 Å². The number of carbonyl (C=O) groups is 2. The molecule has 0 aromatic heterocycles. The molecule has 0 atom stereocenters. The quantitative estimate of drug-likeness (QED) is 0.790. The molecule has 0 unspecified atom stereocenters. The van der Waals surface area contributed by atoms with E-state index in [1.807, 2.05) is 0 Å². The molecule has 2 amide bonds. The first-order chi connectivity index (χ1) is 9.58. The van der Waals surface area contributed by atoms with Gasteiger partial charge in [-0.05, 0) is 29.8 Å². The van der Waals surface area contributed by atoms with Crippen LogP contribution in [0.5, 0.6) is 0 Å². The summed E-state index contributed by atoms with van der Waals surface area (Å²) >= 11 is 3.24. The van der Waals surface area contributed by atoms with Crippen LogP contribution >= 0.6 is 15.9 Å². The summed E-state index contributed by atoms with van der Waals surface area (Å²) in [7, 11) is 0. The fraction of sp³-hybridized carbons (Fsp3) is 0.0667. The Kier molecular flexibility index (Phi) is 3.14. The van der Waals surface area contributed by atoms with Crippen molar-refractivity contribution in [1.82, 2.24) is 4.90 Å². The van der Waals surface area contributed by atoms with E-state index in [4.69, 9.17) is 0 Å². The maximum Gasteiger partial charge on any atom is 0.261 e. The van der Waals surface area contributed by atoms with Gasteiger partial charge in [-0.15, -0.1) is 0 Å². The van der Waals surface area contributed by atoms with E-state index in [1.54, 1.807) is 30.3 Å². The molecule has 0 saturated heterocycles. The summed E-state index contributed by atoms with van der Waals surface area (Å²) in [5, 5.41) is 0. The Labute approximate surface area is 123 Å². The van der Waals surface area contributed by atoms with Crippen molar-refractivity contribution in [1.29, 1.82) is 0 Å². The predicted molar refractivity (Wildman–Crippen MR) is 74.7 cm³/mol. The first-order valence-electron chi connectivity index (χ1n) is 5.97. The smallest absolute Gasteiger partial charge is 0.261 e. The van der Waals surface area contributed by atoms with Crippen molar-refractivity contribution < 1.29 is 14.0 Å². The van der Waals surface area contributed by atoms with Crippen molar-refractivity contribution in [3.8, 4) is 0 Å². The number of rotatable bonds is 2. The highest BCUT2D eigenvalue weighted by atomic mass is 79.9. The molecule has 3 rings (SSSR count). The standard InChI is InChI=1S/C15H9BrFNO2/c16-13-7-10(17)6-5-9(13)8-18-14(19)11-3-1-2-4-12(11)15(18)20/h1-7H,8H2. The van der Waals surface area contributed by atoms with Crippen LogP contribution < -0.4 is 0 Å². The van der Waals surface area contributed by atoms with Gasteiger partial charge in [0.05, 0.1) is 17.7 Å². The minimum absolute atomic E-state index is 0.118. The zero-order valence-corrected chi connectivity index (χ0v) is 11.9. The number of amides is 2. The molecule has 1 heterocycles. The van der Waals surface area contributed by atoms with Crippen molar-refractivity contribution in [3.05, 3.63) is 69.4 Å². The molecule has 0 aliphatic carbocycles. The highest BCUT2D eigenvalue weighted by Crippen LogP contribution is 2.26. The van der Waals surface area contributed by atoms with Crippen molar-refractivity contribution >= 4 is 27.7 Å². The molecular weight excluding hydrogens is 325 g/mol. The van der Waals surface area contributed by atoms with Crippen LogP contribution in [0.2, 0.25) is 0 Å². The van der Waals surface area contributed by atoms with Crippen molar-refractivity contribution in [2.45, 2.75) is 6.54 Å². The molecule has 0 spiro atoms. The molecule has 5 heteroatoms. The molecule has 0 radical (unpaired) electrons. The summed E-state index contributed by atoms with van der Waals surface area (Å²) < 4.78 is 13.6. The average molecular weight is 334 g/mol. The highest BCUT2D eigenvalue weighted by molar-refractivity contribution is 9.10.